The number of pyridine rings is 1. The number of carbonyl (C=O) groups excluding carboxylic acids is 1. The van der Waals surface area contributed by atoms with E-state index in [-0.39, 0.29) is 5.91 Å². The molecule has 1 atom stereocenters. The Hall–Kier alpha value is -3.97. The molecule has 2 aromatic heterocycles. The summed E-state index contributed by atoms with van der Waals surface area (Å²) in [4.78, 5) is 22.3. The van der Waals surface area contributed by atoms with E-state index in [0.717, 1.165) is 16.7 Å². The third kappa shape index (κ3) is 3.87. The zero-order valence-electron chi connectivity index (χ0n) is 18.1. The molecule has 1 amide bonds. The van der Waals surface area contributed by atoms with E-state index >= 15 is 0 Å². The number of nitrogens with zero attached hydrogens (tertiary/aromatic N) is 4. The monoisotopic (exact) mass is 456 g/mol. The summed E-state index contributed by atoms with van der Waals surface area (Å²) < 4.78 is 1.73. The van der Waals surface area contributed by atoms with Gasteiger partial charge in [0.15, 0.2) is 5.82 Å². The molecule has 164 valence electrons. The fourth-order valence-electron chi connectivity index (χ4n) is 4.00. The molecule has 1 aliphatic rings. The largest absolute Gasteiger partial charge is 0.328 e. The van der Waals surface area contributed by atoms with Crippen LogP contribution in [0.15, 0.2) is 84.3 Å². The number of aryl methyl sites for hydroxylation is 1. The molecule has 0 fully saturated rings. The van der Waals surface area contributed by atoms with E-state index in [2.05, 4.69) is 15.6 Å². The molecule has 0 radical (unpaired) electrons. The van der Waals surface area contributed by atoms with Crippen molar-refractivity contribution < 1.29 is 4.79 Å². The second-order valence-corrected chi connectivity index (χ2v) is 8.21. The lowest BCUT2D eigenvalue weighted by Crippen LogP contribution is -2.31. The summed E-state index contributed by atoms with van der Waals surface area (Å²) in [5, 5.41) is 11.5. The van der Waals surface area contributed by atoms with Gasteiger partial charge in [-0.3, -0.25) is 9.78 Å². The maximum Gasteiger partial charge on any atom is 0.255 e. The van der Waals surface area contributed by atoms with Gasteiger partial charge in [-0.15, -0.1) is 5.10 Å². The maximum atomic E-state index is 13.5. The molecule has 1 aliphatic heterocycles. The molecule has 33 heavy (non-hydrogen) atoms. The number of benzene rings is 2. The third-order valence-electron chi connectivity index (χ3n) is 5.60. The van der Waals surface area contributed by atoms with Gasteiger partial charge >= 0.3 is 0 Å². The molecule has 2 N–H and O–H groups in total. The zero-order chi connectivity index (χ0) is 22.9. The first-order valence-corrected chi connectivity index (χ1v) is 10.9. The van der Waals surface area contributed by atoms with Crippen LogP contribution in [-0.2, 0) is 4.79 Å². The van der Waals surface area contributed by atoms with Crippen LogP contribution in [-0.4, -0.2) is 25.7 Å². The summed E-state index contributed by atoms with van der Waals surface area (Å²) in [7, 11) is 0. The lowest BCUT2D eigenvalue weighted by Gasteiger charge is -2.29. The summed E-state index contributed by atoms with van der Waals surface area (Å²) >= 11 is 6.60. The number of hydrogen-bond donors (Lipinski definition) is 2. The number of fused-ring (bicyclic) bond motifs is 1. The van der Waals surface area contributed by atoms with Gasteiger partial charge in [-0.25, -0.2) is 4.68 Å². The Kier molecular flexibility index (Phi) is 5.40. The van der Waals surface area contributed by atoms with Crippen molar-refractivity contribution in [3.05, 3.63) is 100 Å². The third-order valence-corrected chi connectivity index (χ3v) is 5.95. The fourth-order valence-corrected chi connectivity index (χ4v) is 4.24. The van der Waals surface area contributed by atoms with E-state index in [9.17, 15) is 4.79 Å². The SMILES string of the molecule is CC1=C(C(=O)Nc2cccnc2)C(c2ccccc2Cl)n2nc(-c3ccccc3C)nc2N1. The Morgan fingerprint density at radius 3 is 2.61 bits per heavy atom. The normalized spacial score (nSPS) is 15.1. The highest BCUT2D eigenvalue weighted by molar-refractivity contribution is 6.31. The summed E-state index contributed by atoms with van der Waals surface area (Å²) in [6, 6.07) is 18.4. The number of anilines is 2. The van der Waals surface area contributed by atoms with Crippen molar-refractivity contribution in [1.29, 1.82) is 0 Å². The highest BCUT2D eigenvalue weighted by Crippen LogP contribution is 2.39. The summed E-state index contributed by atoms with van der Waals surface area (Å²) in [5.41, 5.74) is 4.54. The highest BCUT2D eigenvalue weighted by atomic mass is 35.5. The maximum absolute atomic E-state index is 13.5. The average molecular weight is 457 g/mol. The first-order valence-electron chi connectivity index (χ1n) is 10.5. The second-order valence-electron chi connectivity index (χ2n) is 7.80. The molecule has 0 saturated heterocycles. The highest BCUT2D eigenvalue weighted by Gasteiger charge is 2.35. The first kappa shape index (κ1) is 20.9. The van der Waals surface area contributed by atoms with Crippen LogP contribution in [0.4, 0.5) is 11.6 Å². The topological polar surface area (TPSA) is 84.7 Å². The number of carbonyl (C=O) groups is 1. The molecule has 5 rings (SSSR count). The van der Waals surface area contributed by atoms with E-state index in [0.29, 0.717) is 33.8 Å². The predicted octanol–water partition coefficient (Wildman–Crippen LogP) is 5.23. The van der Waals surface area contributed by atoms with Gasteiger partial charge in [0.05, 0.1) is 17.5 Å². The van der Waals surface area contributed by atoms with Crippen molar-refractivity contribution in [1.82, 2.24) is 19.7 Å². The molecule has 0 spiro atoms. The van der Waals surface area contributed by atoms with Crippen LogP contribution in [0.1, 0.15) is 24.1 Å². The van der Waals surface area contributed by atoms with E-state index < -0.39 is 6.04 Å². The second kappa shape index (κ2) is 8.52. The smallest absolute Gasteiger partial charge is 0.255 e. The zero-order valence-corrected chi connectivity index (χ0v) is 18.8. The minimum absolute atomic E-state index is 0.267. The van der Waals surface area contributed by atoms with Crippen LogP contribution >= 0.6 is 11.6 Å². The van der Waals surface area contributed by atoms with Gasteiger partial charge in [-0.05, 0) is 37.6 Å². The van der Waals surface area contributed by atoms with Crippen LogP contribution in [0, 0.1) is 6.92 Å². The Balaban J connectivity index is 1.64. The van der Waals surface area contributed by atoms with Crippen molar-refractivity contribution in [2.75, 3.05) is 10.6 Å². The minimum atomic E-state index is -0.558. The quantitative estimate of drug-likeness (QED) is 0.439. The molecular weight excluding hydrogens is 436 g/mol. The average Bonchev–Trinajstić information content (AvgIpc) is 3.23. The first-order chi connectivity index (χ1) is 16.0. The molecule has 1 unspecified atom stereocenters. The van der Waals surface area contributed by atoms with E-state index in [1.54, 1.807) is 29.2 Å². The Labute approximate surface area is 196 Å². The van der Waals surface area contributed by atoms with Crippen molar-refractivity contribution in [3.63, 3.8) is 0 Å². The van der Waals surface area contributed by atoms with Crippen LogP contribution in [0.3, 0.4) is 0 Å². The van der Waals surface area contributed by atoms with Crippen molar-refractivity contribution in [2.45, 2.75) is 19.9 Å². The molecule has 2 aromatic carbocycles. The lowest BCUT2D eigenvalue weighted by atomic mass is 9.95. The number of amides is 1. The van der Waals surface area contributed by atoms with Gasteiger partial charge in [0, 0.05) is 28.0 Å². The summed E-state index contributed by atoms with van der Waals surface area (Å²) in [5.74, 6) is 0.861. The van der Waals surface area contributed by atoms with Crippen LogP contribution < -0.4 is 10.6 Å². The van der Waals surface area contributed by atoms with Gasteiger partial charge in [0.2, 0.25) is 5.95 Å². The number of aromatic nitrogens is 4. The molecule has 8 heteroatoms. The number of nitrogens with one attached hydrogen (secondary N) is 2. The molecule has 0 bridgehead atoms. The van der Waals surface area contributed by atoms with Crippen LogP contribution in [0.2, 0.25) is 5.02 Å². The summed E-state index contributed by atoms with van der Waals surface area (Å²) in [6.07, 6.45) is 3.26. The van der Waals surface area contributed by atoms with Gasteiger partial charge in [0.25, 0.3) is 5.91 Å². The molecule has 7 nitrogen and oxygen atoms in total. The fraction of sp³-hybridized carbons (Fsp3) is 0.120. The van der Waals surface area contributed by atoms with Gasteiger partial charge < -0.3 is 10.6 Å². The Bertz CT molecular complexity index is 1380. The predicted molar refractivity (Wildman–Crippen MR) is 129 cm³/mol. The van der Waals surface area contributed by atoms with E-state index in [1.165, 1.54) is 0 Å². The van der Waals surface area contributed by atoms with Gasteiger partial charge in [-0.1, -0.05) is 54.1 Å². The molecule has 0 aliphatic carbocycles. The number of halogens is 1. The van der Waals surface area contributed by atoms with Crippen molar-refractivity contribution in [3.8, 4) is 11.4 Å². The number of rotatable bonds is 4. The standard InChI is InChI=1S/C25H21ClN6O/c1-15-8-3-4-10-18(15)23-30-25-28-16(2)21(24(33)29-17-9-7-13-27-14-17)22(32(25)31-23)19-11-5-6-12-20(19)26/h3-14,22H,1-2H3,(H,29,33)(H,28,30,31). The molecule has 0 saturated carbocycles. The van der Waals surface area contributed by atoms with E-state index in [1.807, 2.05) is 62.4 Å². The number of allylic oxidation sites excluding steroid dienone is 1. The molecule has 3 heterocycles. The van der Waals surface area contributed by atoms with Gasteiger partial charge in [-0.2, -0.15) is 4.98 Å². The van der Waals surface area contributed by atoms with Gasteiger partial charge in [0.1, 0.15) is 6.04 Å². The summed E-state index contributed by atoms with van der Waals surface area (Å²) in [6.45, 7) is 3.87. The molecule has 4 aromatic rings. The van der Waals surface area contributed by atoms with E-state index in [4.69, 9.17) is 21.7 Å². The molecular formula is C25H21ClN6O. The van der Waals surface area contributed by atoms with Crippen LogP contribution in [0.25, 0.3) is 11.4 Å². The Morgan fingerprint density at radius 1 is 1.06 bits per heavy atom. The lowest BCUT2D eigenvalue weighted by molar-refractivity contribution is -0.113. The number of hydrogen-bond acceptors (Lipinski definition) is 5. The minimum Gasteiger partial charge on any atom is -0.328 e. The van der Waals surface area contributed by atoms with Crippen molar-refractivity contribution >= 4 is 29.1 Å². The Morgan fingerprint density at radius 2 is 1.85 bits per heavy atom. The van der Waals surface area contributed by atoms with Crippen LogP contribution in [0.5, 0.6) is 0 Å². The van der Waals surface area contributed by atoms with Crippen molar-refractivity contribution in [2.24, 2.45) is 0 Å².